The first-order valence-electron chi connectivity index (χ1n) is 12.6. The van der Waals surface area contributed by atoms with Gasteiger partial charge >= 0.3 is 6.18 Å². The Morgan fingerprint density at radius 1 is 0.925 bits per heavy atom. The van der Waals surface area contributed by atoms with E-state index in [0.717, 1.165) is 28.2 Å². The Hall–Kier alpha value is -4.80. The fraction of sp³-hybridized carbons (Fsp3) is 0.207. The third-order valence-corrected chi connectivity index (χ3v) is 6.86. The van der Waals surface area contributed by atoms with Crippen molar-refractivity contribution >= 4 is 21.9 Å². The van der Waals surface area contributed by atoms with E-state index in [0.29, 0.717) is 22.4 Å². The van der Waals surface area contributed by atoms with Crippen LogP contribution >= 0.6 is 0 Å². The molecule has 0 spiro atoms. The van der Waals surface area contributed by atoms with Crippen LogP contribution in [0.25, 0.3) is 44.7 Å². The summed E-state index contributed by atoms with van der Waals surface area (Å²) in [5.74, 6) is 0.704. The van der Waals surface area contributed by atoms with Crippen LogP contribution in [-0.2, 0) is 19.8 Å². The lowest BCUT2D eigenvalue weighted by molar-refractivity contribution is -0.140. The highest BCUT2D eigenvalue weighted by Crippen LogP contribution is 2.33. The van der Waals surface area contributed by atoms with Gasteiger partial charge in [-0.1, -0.05) is 36.4 Å². The number of alkyl halides is 3. The van der Waals surface area contributed by atoms with Crippen molar-refractivity contribution in [3.05, 3.63) is 94.8 Å². The van der Waals surface area contributed by atoms with Gasteiger partial charge in [0.05, 0.1) is 18.3 Å². The van der Waals surface area contributed by atoms with Crippen LogP contribution in [0, 0.1) is 0 Å². The van der Waals surface area contributed by atoms with Crippen LogP contribution in [0.3, 0.4) is 0 Å². The minimum atomic E-state index is -4.53. The number of pyridine rings is 1. The molecule has 2 aromatic carbocycles. The van der Waals surface area contributed by atoms with E-state index in [-0.39, 0.29) is 24.0 Å². The largest absolute Gasteiger partial charge is 0.434 e. The van der Waals surface area contributed by atoms with Gasteiger partial charge in [0.25, 0.3) is 5.56 Å². The summed E-state index contributed by atoms with van der Waals surface area (Å²) in [6.45, 7) is 3.82. The molecule has 0 saturated heterocycles. The number of imidazole rings is 1. The van der Waals surface area contributed by atoms with Gasteiger partial charge in [0, 0.05) is 53.4 Å². The van der Waals surface area contributed by atoms with Crippen LogP contribution in [-0.4, -0.2) is 33.9 Å². The molecule has 0 unspecified atom stereocenters. The fourth-order valence-electron chi connectivity index (χ4n) is 4.85. The number of nitrogens with zero attached hydrogens (tertiary/aromatic N) is 7. The molecular weight excluding hydrogens is 519 g/mol. The highest BCUT2D eigenvalue weighted by Gasteiger charge is 2.35. The molecule has 0 bridgehead atoms. The van der Waals surface area contributed by atoms with Crippen LogP contribution in [0.4, 0.5) is 13.2 Å². The molecule has 0 N–H and O–H groups in total. The minimum absolute atomic E-state index is 0.210. The Labute approximate surface area is 226 Å². The minimum Gasteiger partial charge on any atom is -0.328 e. The Kier molecular flexibility index (Phi) is 6.01. The number of hydrogen-bond acceptors (Lipinski definition) is 5. The molecule has 0 aliphatic heterocycles. The van der Waals surface area contributed by atoms with Gasteiger partial charge in [-0.05, 0) is 31.5 Å². The predicted molar refractivity (Wildman–Crippen MR) is 146 cm³/mol. The second kappa shape index (κ2) is 9.44. The standard InChI is InChI=1S/C29H24F3N7O/c1-17(2)38-16-23(29(30,31)32)35-27(38)19-9-7-18(8-10-19)15-39-24(40)12-11-21-13-33-26(36-28(21)39)22-6-4-5-20-14-34-37(3)25(20)22/h4-14,16-17H,15H2,1-3H3. The van der Waals surface area contributed by atoms with Crippen molar-refractivity contribution in [2.45, 2.75) is 32.6 Å². The molecule has 40 heavy (non-hydrogen) atoms. The lowest BCUT2D eigenvalue weighted by Crippen LogP contribution is -2.21. The summed E-state index contributed by atoms with van der Waals surface area (Å²) in [5, 5.41) is 5.99. The molecule has 202 valence electrons. The maximum atomic E-state index is 13.3. The number of aryl methyl sites for hydroxylation is 1. The van der Waals surface area contributed by atoms with Gasteiger partial charge in [0.1, 0.15) is 11.5 Å². The number of para-hydroxylation sites is 1. The Bertz CT molecular complexity index is 1930. The summed E-state index contributed by atoms with van der Waals surface area (Å²) >= 11 is 0. The number of benzene rings is 2. The number of fused-ring (bicyclic) bond motifs is 2. The first-order chi connectivity index (χ1) is 19.1. The number of rotatable bonds is 5. The summed E-state index contributed by atoms with van der Waals surface area (Å²) in [7, 11) is 1.85. The van der Waals surface area contributed by atoms with E-state index in [2.05, 4.69) is 15.1 Å². The quantitative estimate of drug-likeness (QED) is 0.272. The van der Waals surface area contributed by atoms with Crippen molar-refractivity contribution in [2.75, 3.05) is 0 Å². The third-order valence-electron chi connectivity index (χ3n) is 6.86. The SMILES string of the molecule is CC(C)n1cc(C(F)(F)F)nc1-c1ccc(Cn2c(=O)ccc3cnc(-c4cccc5cnn(C)c45)nc32)cc1. The van der Waals surface area contributed by atoms with Crippen LogP contribution in [0.2, 0.25) is 0 Å². The summed E-state index contributed by atoms with van der Waals surface area (Å²) < 4.78 is 44.8. The van der Waals surface area contributed by atoms with Gasteiger partial charge in [-0.2, -0.15) is 18.3 Å². The molecule has 4 aromatic heterocycles. The smallest absolute Gasteiger partial charge is 0.328 e. The van der Waals surface area contributed by atoms with Crippen LogP contribution < -0.4 is 5.56 Å². The van der Waals surface area contributed by atoms with E-state index in [4.69, 9.17) is 4.98 Å². The van der Waals surface area contributed by atoms with Gasteiger partial charge < -0.3 is 4.57 Å². The zero-order valence-corrected chi connectivity index (χ0v) is 21.9. The topological polar surface area (TPSA) is 83.4 Å². The molecule has 0 fully saturated rings. The monoisotopic (exact) mass is 543 g/mol. The van der Waals surface area contributed by atoms with Crippen molar-refractivity contribution < 1.29 is 13.2 Å². The zero-order chi connectivity index (χ0) is 28.2. The van der Waals surface area contributed by atoms with Crippen molar-refractivity contribution in [3.8, 4) is 22.8 Å². The molecule has 0 atom stereocenters. The van der Waals surface area contributed by atoms with Crippen molar-refractivity contribution in [1.82, 2.24) is 33.9 Å². The molecule has 0 amide bonds. The van der Waals surface area contributed by atoms with Gasteiger partial charge in [-0.15, -0.1) is 0 Å². The van der Waals surface area contributed by atoms with Crippen molar-refractivity contribution in [3.63, 3.8) is 0 Å². The van der Waals surface area contributed by atoms with Gasteiger partial charge in [-0.25, -0.2) is 15.0 Å². The summed E-state index contributed by atoms with van der Waals surface area (Å²) in [5.41, 5.74) is 2.33. The first-order valence-corrected chi connectivity index (χ1v) is 12.6. The highest BCUT2D eigenvalue weighted by molar-refractivity contribution is 5.92. The third kappa shape index (κ3) is 4.42. The van der Waals surface area contributed by atoms with E-state index in [1.54, 1.807) is 65.8 Å². The van der Waals surface area contributed by atoms with Gasteiger partial charge in [0.2, 0.25) is 0 Å². The van der Waals surface area contributed by atoms with E-state index in [1.165, 1.54) is 10.6 Å². The van der Waals surface area contributed by atoms with E-state index in [9.17, 15) is 18.0 Å². The van der Waals surface area contributed by atoms with E-state index in [1.807, 2.05) is 25.2 Å². The van der Waals surface area contributed by atoms with Gasteiger partial charge in [0.15, 0.2) is 11.5 Å². The number of halogens is 3. The van der Waals surface area contributed by atoms with E-state index < -0.39 is 11.9 Å². The van der Waals surface area contributed by atoms with Crippen LogP contribution in [0.15, 0.2) is 78.0 Å². The average molecular weight is 544 g/mol. The number of aromatic nitrogens is 7. The Morgan fingerprint density at radius 3 is 2.42 bits per heavy atom. The Balaban J connectivity index is 1.38. The Morgan fingerprint density at radius 2 is 1.70 bits per heavy atom. The maximum Gasteiger partial charge on any atom is 0.434 e. The normalized spacial score (nSPS) is 12.2. The second-order valence-electron chi connectivity index (χ2n) is 9.89. The molecule has 6 aromatic rings. The highest BCUT2D eigenvalue weighted by atomic mass is 19.4. The molecule has 11 heteroatoms. The fourth-order valence-corrected chi connectivity index (χ4v) is 4.85. The van der Waals surface area contributed by atoms with Crippen molar-refractivity contribution in [2.24, 2.45) is 7.05 Å². The summed E-state index contributed by atoms with van der Waals surface area (Å²) in [6, 6.07) is 15.7. The predicted octanol–water partition coefficient (Wildman–Crippen LogP) is 5.86. The molecule has 0 radical (unpaired) electrons. The molecule has 6 rings (SSSR count). The van der Waals surface area contributed by atoms with Crippen LogP contribution in [0.1, 0.15) is 31.1 Å². The van der Waals surface area contributed by atoms with Crippen molar-refractivity contribution in [1.29, 1.82) is 0 Å². The second-order valence-corrected chi connectivity index (χ2v) is 9.89. The summed E-state index contributed by atoms with van der Waals surface area (Å²) in [4.78, 5) is 26.2. The molecule has 0 aliphatic carbocycles. The molecule has 4 heterocycles. The maximum absolute atomic E-state index is 13.3. The number of hydrogen-bond donors (Lipinski definition) is 0. The van der Waals surface area contributed by atoms with Crippen LogP contribution in [0.5, 0.6) is 0 Å². The zero-order valence-electron chi connectivity index (χ0n) is 21.9. The average Bonchev–Trinajstić information content (AvgIpc) is 3.55. The molecular formula is C29H24F3N7O. The first kappa shape index (κ1) is 25.5. The molecule has 8 nitrogen and oxygen atoms in total. The summed E-state index contributed by atoms with van der Waals surface area (Å²) in [6.07, 6.45) is -0.0346. The molecule has 0 aliphatic rings. The van der Waals surface area contributed by atoms with E-state index >= 15 is 0 Å². The van der Waals surface area contributed by atoms with Gasteiger partial charge in [-0.3, -0.25) is 14.0 Å². The molecule has 0 saturated carbocycles. The lowest BCUT2D eigenvalue weighted by Gasteiger charge is -2.13. The lowest BCUT2D eigenvalue weighted by atomic mass is 10.1.